The Kier molecular flexibility index (Phi) is 9.34. The molecule has 0 amide bonds. The highest BCUT2D eigenvalue weighted by Gasteiger charge is 2.43. The van der Waals surface area contributed by atoms with Gasteiger partial charge in [-0.15, -0.1) is 0 Å². The van der Waals surface area contributed by atoms with Crippen LogP contribution in [0.5, 0.6) is 5.75 Å². The summed E-state index contributed by atoms with van der Waals surface area (Å²) in [6, 6.07) is 18.2. The Morgan fingerprint density at radius 1 is 1.00 bits per heavy atom. The Hall–Kier alpha value is -1.91. The summed E-state index contributed by atoms with van der Waals surface area (Å²) in [6.07, 6.45) is 0.785. The summed E-state index contributed by atoms with van der Waals surface area (Å²) in [5.74, 6) is 0.822. The van der Waals surface area contributed by atoms with Crippen molar-refractivity contribution in [1.29, 1.82) is 0 Å². The van der Waals surface area contributed by atoms with Crippen molar-refractivity contribution in [2.45, 2.75) is 24.9 Å². The van der Waals surface area contributed by atoms with Crippen LogP contribution in [0, 0.1) is 6.92 Å². The Labute approximate surface area is 242 Å². The second-order valence-corrected chi connectivity index (χ2v) is 11.7. The molecule has 0 aliphatic carbocycles. The van der Waals surface area contributed by atoms with E-state index in [2.05, 4.69) is 83.4 Å². The first-order valence-corrected chi connectivity index (χ1v) is 14.2. The predicted molar refractivity (Wildman–Crippen MR) is 156 cm³/mol. The normalized spacial score (nSPS) is 18.9. The number of halogens is 3. The van der Waals surface area contributed by atoms with Crippen LogP contribution in [0.4, 0.5) is 0 Å². The molecular formula is C28H29Br3N2O4. The SMILES string of the molecule is COCCc1cc(Br)cc(C2(c3ccc(OC)c(C)c3)COC(=N[C@H](CO)c3cc(Br)cc(Br)c3)N2)c1. The molecule has 4 rings (SSSR count). The van der Waals surface area contributed by atoms with Gasteiger partial charge in [0.1, 0.15) is 23.9 Å². The first-order chi connectivity index (χ1) is 17.8. The molecule has 0 radical (unpaired) electrons. The molecule has 1 heterocycles. The molecule has 196 valence electrons. The molecule has 9 heteroatoms. The van der Waals surface area contributed by atoms with Crippen molar-refractivity contribution < 1.29 is 19.3 Å². The smallest absolute Gasteiger partial charge is 0.286 e. The molecule has 2 N–H and O–H groups in total. The van der Waals surface area contributed by atoms with Gasteiger partial charge in [-0.1, -0.05) is 59.9 Å². The summed E-state index contributed by atoms with van der Waals surface area (Å²) in [4.78, 5) is 4.78. The first kappa shape index (κ1) is 28.1. The first-order valence-electron chi connectivity index (χ1n) is 11.8. The number of aliphatic hydroxyl groups excluding tert-OH is 1. The van der Waals surface area contributed by atoms with Gasteiger partial charge < -0.3 is 24.6 Å². The van der Waals surface area contributed by atoms with Crippen molar-refractivity contribution >= 4 is 53.8 Å². The fourth-order valence-electron chi connectivity index (χ4n) is 4.51. The predicted octanol–water partition coefficient (Wildman–Crippen LogP) is 6.43. The molecular weight excluding hydrogens is 668 g/mol. The molecule has 2 atom stereocenters. The van der Waals surface area contributed by atoms with Crippen LogP contribution < -0.4 is 10.1 Å². The van der Waals surface area contributed by atoms with Crippen LogP contribution in [-0.2, 0) is 21.4 Å². The third-order valence-corrected chi connectivity index (χ3v) is 7.77. The van der Waals surface area contributed by atoms with Crippen LogP contribution in [0.15, 0.2) is 73.0 Å². The molecule has 37 heavy (non-hydrogen) atoms. The molecule has 0 aromatic heterocycles. The van der Waals surface area contributed by atoms with E-state index in [9.17, 15) is 5.11 Å². The van der Waals surface area contributed by atoms with E-state index in [1.807, 2.05) is 31.2 Å². The van der Waals surface area contributed by atoms with Gasteiger partial charge >= 0.3 is 0 Å². The van der Waals surface area contributed by atoms with Crippen LogP contribution in [0.3, 0.4) is 0 Å². The molecule has 1 aliphatic heterocycles. The molecule has 1 saturated heterocycles. The van der Waals surface area contributed by atoms with Crippen molar-refractivity contribution in [1.82, 2.24) is 5.32 Å². The van der Waals surface area contributed by atoms with E-state index in [1.165, 1.54) is 0 Å². The van der Waals surface area contributed by atoms with E-state index in [-0.39, 0.29) is 6.61 Å². The Morgan fingerprint density at radius 3 is 2.38 bits per heavy atom. The quantitative estimate of drug-likeness (QED) is 0.270. The molecule has 0 bridgehead atoms. The molecule has 3 aromatic carbocycles. The van der Waals surface area contributed by atoms with E-state index in [0.29, 0.717) is 19.2 Å². The molecule has 6 nitrogen and oxygen atoms in total. The number of aryl methyl sites for hydroxylation is 1. The minimum atomic E-state index is -0.695. The number of methoxy groups -OCH3 is 2. The highest BCUT2D eigenvalue weighted by Crippen LogP contribution is 2.38. The van der Waals surface area contributed by atoms with Crippen LogP contribution in [-0.4, -0.2) is 45.2 Å². The minimum Gasteiger partial charge on any atom is -0.496 e. The van der Waals surface area contributed by atoms with Crippen LogP contribution in [0.1, 0.15) is 33.9 Å². The fourth-order valence-corrected chi connectivity index (χ4v) is 6.38. The number of nitrogens with zero attached hydrogens (tertiary/aromatic N) is 1. The van der Waals surface area contributed by atoms with Gasteiger partial charge in [-0.05, 0) is 83.6 Å². The molecule has 0 spiro atoms. The molecule has 0 saturated carbocycles. The van der Waals surface area contributed by atoms with Gasteiger partial charge in [0.15, 0.2) is 0 Å². The lowest BCUT2D eigenvalue weighted by Crippen LogP contribution is -2.42. The van der Waals surface area contributed by atoms with Gasteiger partial charge in [0.05, 0.1) is 20.3 Å². The minimum absolute atomic E-state index is 0.163. The largest absolute Gasteiger partial charge is 0.496 e. The number of aliphatic imine (C=N–C) groups is 1. The number of hydrogen-bond acceptors (Lipinski definition) is 5. The maximum atomic E-state index is 10.2. The number of hydrogen-bond donors (Lipinski definition) is 2. The van der Waals surface area contributed by atoms with E-state index in [4.69, 9.17) is 19.2 Å². The topological polar surface area (TPSA) is 72.3 Å². The zero-order valence-electron chi connectivity index (χ0n) is 20.9. The Morgan fingerprint density at radius 2 is 1.73 bits per heavy atom. The van der Waals surface area contributed by atoms with Gasteiger partial charge in [-0.25, -0.2) is 4.99 Å². The second kappa shape index (κ2) is 12.3. The lowest BCUT2D eigenvalue weighted by atomic mass is 9.82. The molecule has 3 aromatic rings. The van der Waals surface area contributed by atoms with Crippen molar-refractivity contribution in [2.24, 2.45) is 4.99 Å². The highest BCUT2D eigenvalue weighted by atomic mass is 79.9. The monoisotopic (exact) mass is 694 g/mol. The summed E-state index contributed by atoms with van der Waals surface area (Å²) in [7, 11) is 3.38. The lowest BCUT2D eigenvalue weighted by molar-refractivity contribution is 0.202. The third kappa shape index (κ3) is 6.40. The Bertz CT molecular complexity index is 1280. The maximum Gasteiger partial charge on any atom is 0.286 e. The van der Waals surface area contributed by atoms with Gasteiger partial charge in [0.25, 0.3) is 6.02 Å². The zero-order chi connectivity index (χ0) is 26.6. The average molecular weight is 697 g/mol. The zero-order valence-corrected chi connectivity index (χ0v) is 25.6. The summed E-state index contributed by atoms with van der Waals surface area (Å²) >= 11 is 10.7. The average Bonchev–Trinajstić information content (AvgIpc) is 3.30. The van der Waals surface area contributed by atoms with E-state index < -0.39 is 11.6 Å². The van der Waals surface area contributed by atoms with Crippen molar-refractivity contribution in [3.63, 3.8) is 0 Å². The highest BCUT2D eigenvalue weighted by molar-refractivity contribution is 9.11. The van der Waals surface area contributed by atoms with Crippen molar-refractivity contribution in [3.8, 4) is 5.75 Å². The third-order valence-electron chi connectivity index (χ3n) is 6.39. The molecule has 1 aliphatic rings. The maximum absolute atomic E-state index is 10.2. The summed E-state index contributed by atoms with van der Waals surface area (Å²) in [5.41, 5.74) is 4.40. The number of benzene rings is 3. The van der Waals surface area contributed by atoms with E-state index >= 15 is 0 Å². The van der Waals surface area contributed by atoms with E-state index in [0.717, 1.165) is 53.4 Å². The van der Waals surface area contributed by atoms with Gasteiger partial charge in [-0.2, -0.15) is 0 Å². The van der Waals surface area contributed by atoms with Gasteiger partial charge in [-0.3, -0.25) is 0 Å². The van der Waals surface area contributed by atoms with Crippen molar-refractivity contribution in [2.75, 3.05) is 34.0 Å². The number of nitrogens with one attached hydrogen (secondary N) is 1. The van der Waals surface area contributed by atoms with E-state index in [1.54, 1.807) is 14.2 Å². The summed E-state index contributed by atoms with van der Waals surface area (Å²) < 4.78 is 19.8. The van der Waals surface area contributed by atoms with Crippen molar-refractivity contribution in [3.05, 3.63) is 95.8 Å². The molecule has 1 fully saturated rings. The number of ether oxygens (including phenoxy) is 3. The fraction of sp³-hybridized carbons (Fsp3) is 0.321. The summed E-state index contributed by atoms with van der Waals surface area (Å²) in [5, 5.41) is 13.8. The van der Waals surface area contributed by atoms with Crippen LogP contribution >= 0.6 is 47.8 Å². The number of amidine groups is 1. The Balaban J connectivity index is 1.79. The number of aliphatic hydroxyl groups is 1. The summed E-state index contributed by atoms with van der Waals surface area (Å²) in [6.45, 7) is 2.82. The van der Waals surface area contributed by atoms with Crippen LogP contribution in [0.2, 0.25) is 0 Å². The second-order valence-electron chi connectivity index (χ2n) is 8.93. The molecule has 1 unspecified atom stereocenters. The van der Waals surface area contributed by atoms with Crippen LogP contribution in [0.25, 0.3) is 0 Å². The standard InChI is InChI=1S/C28H29Br3N2O4/c1-17-8-20(4-5-26(17)36-3)28(21-9-18(6-7-35-2)10-22(29)13-21)16-37-27(33-28)32-25(15-34)19-11-23(30)14-24(31)12-19/h4-5,8-14,25,34H,6-7,15-16H2,1-3H3,(H,32,33)/t25-,28?/m1/s1. The lowest BCUT2D eigenvalue weighted by Gasteiger charge is -2.30. The van der Waals surface area contributed by atoms with Gasteiger partial charge in [0.2, 0.25) is 0 Å². The van der Waals surface area contributed by atoms with Gasteiger partial charge in [0, 0.05) is 20.5 Å². The number of rotatable bonds is 9.